The van der Waals surface area contributed by atoms with E-state index in [0.29, 0.717) is 0 Å². The molecule has 0 atom stereocenters. The molecular formula is C68H66FGeIrN3O-2. The van der Waals surface area contributed by atoms with Gasteiger partial charge in [0.25, 0.3) is 0 Å². The number of para-hydroxylation sites is 2. The van der Waals surface area contributed by atoms with Crippen LogP contribution in [0.3, 0.4) is 0 Å². The van der Waals surface area contributed by atoms with Crippen molar-refractivity contribution in [2.45, 2.75) is 115 Å². The van der Waals surface area contributed by atoms with Crippen molar-refractivity contribution in [1.82, 2.24) is 14.5 Å². The van der Waals surface area contributed by atoms with Crippen molar-refractivity contribution in [1.29, 1.82) is 0 Å². The minimum Gasteiger partial charge on any atom is 0 e. The summed E-state index contributed by atoms with van der Waals surface area (Å²) in [6.45, 7) is 19.0. The topological polar surface area (TPSA) is 43.9 Å². The van der Waals surface area contributed by atoms with Crippen LogP contribution in [0.5, 0.6) is 0 Å². The molecule has 0 fully saturated rings. The van der Waals surface area contributed by atoms with Crippen LogP contribution < -0.4 is 4.40 Å². The van der Waals surface area contributed by atoms with Gasteiger partial charge in [0.05, 0.1) is 22.4 Å². The van der Waals surface area contributed by atoms with Gasteiger partial charge >= 0.3 is 104 Å². The Hall–Kier alpha value is -6.18. The van der Waals surface area contributed by atoms with E-state index in [0.717, 1.165) is 55.6 Å². The van der Waals surface area contributed by atoms with E-state index >= 15 is 0 Å². The standard InChI is InChI=1S/C54H51N2O.C14H15FGeN.Ir/c1-32(2)41-28-37(35-23-24-45-46(30-35)54(7,8)26-14-25-53(45,5)6)29-42(33(3)4)50(41)56-48-20-12-11-19-47(48)55-52(56)40-18-13-17-39-44-27-36-22-21-34-15-9-10-16-38(34)43(36)31-49(44)57-51(39)40;1-16(2,3)13-8-9-14(17-10-13)11-4-6-12(15)7-5-11;/h9-13,15-17,19-24,27-33H,14,25-26H2,1-8H3;4,6-10H,1-3H3;/q2*-1;. The first kappa shape index (κ1) is 52.3. The molecule has 8 aromatic carbocycles. The molecule has 0 amide bonds. The maximum absolute atomic E-state index is 12.8. The summed E-state index contributed by atoms with van der Waals surface area (Å²) in [5.41, 5.74) is 16.0. The molecule has 7 heteroatoms. The third-order valence-corrected chi connectivity index (χ3v) is 20.1. The Kier molecular flexibility index (Phi) is 14.0. The molecule has 11 aromatic rings. The average Bonchev–Trinajstić information content (AvgIpc) is 3.93. The number of nitrogens with zero attached hydrogens (tertiary/aromatic N) is 3. The summed E-state index contributed by atoms with van der Waals surface area (Å²) in [5.74, 6) is 8.10. The van der Waals surface area contributed by atoms with Gasteiger partial charge in [-0.1, -0.05) is 139 Å². The van der Waals surface area contributed by atoms with E-state index in [1.54, 1.807) is 6.07 Å². The molecule has 1 radical (unpaired) electrons. The van der Waals surface area contributed by atoms with Crippen molar-refractivity contribution in [3.05, 3.63) is 192 Å². The van der Waals surface area contributed by atoms with Gasteiger partial charge in [0.1, 0.15) is 5.58 Å². The van der Waals surface area contributed by atoms with Gasteiger partial charge in [0.2, 0.25) is 0 Å². The van der Waals surface area contributed by atoms with Gasteiger partial charge in [-0.15, -0.1) is 18.2 Å². The summed E-state index contributed by atoms with van der Waals surface area (Å²) in [7, 11) is 0. The van der Waals surface area contributed by atoms with Crippen LogP contribution in [0.4, 0.5) is 4.39 Å². The number of furan rings is 1. The van der Waals surface area contributed by atoms with E-state index in [-0.39, 0.29) is 48.6 Å². The molecule has 4 nitrogen and oxygen atoms in total. The number of hydrogen-bond donors (Lipinski definition) is 0. The van der Waals surface area contributed by atoms with Crippen LogP contribution in [0, 0.1) is 17.9 Å². The van der Waals surface area contributed by atoms with E-state index in [9.17, 15) is 4.39 Å². The van der Waals surface area contributed by atoms with Crippen LogP contribution in [-0.4, -0.2) is 27.8 Å². The fraction of sp³-hybridized carbons (Fsp3) is 0.265. The summed E-state index contributed by atoms with van der Waals surface area (Å²) in [5, 5.41) is 7.04. The Morgan fingerprint density at radius 2 is 1.36 bits per heavy atom. The fourth-order valence-electron chi connectivity index (χ4n) is 11.5. The first-order valence-electron chi connectivity index (χ1n) is 26.5. The van der Waals surface area contributed by atoms with Crippen LogP contribution in [0.2, 0.25) is 17.3 Å². The fourth-order valence-corrected chi connectivity index (χ4v) is 13.7. The molecule has 1 aliphatic carbocycles. The average molecular weight is 1230 g/mol. The molecule has 3 heterocycles. The summed E-state index contributed by atoms with van der Waals surface area (Å²) in [4.78, 5) is 9.85. The van der Waals surface area contributed by atoms with Crippen molar-refractivity contribution in [3.8, 4) is 39.5 Å². The van der Waals surface area contributed by atoms with Gasteiger partial charge in [-0.05, 0) is 127 Å². The molecule has 381 valence electrons. The van der Waals surface area contributed by atoms with Crippen LogP contribution in [-0.2, 0) is 30.9 Å². The minimum atomic E-state index is -1.79. The number of imidazole rings is 1. The number of aromatic nitrogens is 3. The number of rotatable bonds is 7. The Bertz CT molecular complexity index is 3900. The van der Waals surface area contributed by atoms with Gasteiger partial charge in [0, 0.05) is 31.2 Å². The predicted octanol–water partition coefficient (Wildman–Crippen LogP) is 18.6. The van der Waals surface area contributed by atoms with Crippen LogP contribution in [0.25, 0.3) is 94.0 Å². The number of halogens is 1. The predicted molar refractivity (Wildman–Crippen MR) is 313 cm³/mol. The zero-order valence-corrected chi connectivity index (χ0v) is 49.7. The van der Waals surface area contributed by atoms with Gasteiger partial charge < -0.3 is 8.98 Å². The van der Waals surface area contributed by atoms with E-state index in [4.69, 9.17) is 9.40 Å². The van der Waals surface area contributed by atoms with Gasteiger partial charge in [0.15, 0.2) is 0 Å². The summed E-state index contributed by atoms with van der Waals surface area (Å²) in [6, 6.07) is 57.7. The number of benzene rings is 8. The van der Waals surface area contributed by atoms with Crippen molar-refractivity contribution < 1.29 is 28.9 Å². The van der Waals surface area contributed by atoms with Crippen molar-refractivity contribution in [3.63, 3.8) is 0 Å². The molecule has 0 bridgehead atoms. The van der Waals surface area contributed by atoms with E-state index in [1.165, 1.54) is 96.4 Å². The third kappa shape index (κ3) is 9.73. The number of hydrogen-bond acceptors (Lipinski definition) is 3. The largest absolute Gasteiger partial charge is 0 e. The normalized spacial score (nSPS) is 14.3. The molecule has 0 aliphatic heterocycles. The smallest absolute Gasteiger partial charge is 0 e. The molecule has 75 heavy (non-hydrogen) atoms. The Morgan fingerprint density at radius 3 is 2.05 bits per heavy atom. The Morgan fingerprint density at radius 1 is 0.653 bits per heavy atom. The van der Waals surface area contributed by atoms with Crippen molar-refractivity contribution in [2.75, 3.05) is 0 Å². The molecule has 3 aromatic heterocycles. The number of pyridine rings is 1. The second-order valence-electron chi connectivity index (χ2n) is 23.6. The van der Waals surface area contributed by atoms with E-state index in [2.05, 4.69) is 210 Å². The van der Waals surface area contributed by atoms with Crippen molar-refractivity contribution in [2.24, 2.45) is 0 Å². The zero-order valence-electron chi connectivity index (χ0n) is 45.2. The summed E-state index contributed by atoms with van der Waals surface area (Å²) in [6.07, 6.45) is 5.63. The molecular weight excluding hydrogens is 1160 g/mol. The SMILES string of the molecule is CC(C)c1cc(-c2ccc3c(c2)C(C)(C)CCCC3(C)C)cc(C(C)C)c1-n1c(-c2[c-]ccc3c2oc2cc4c(ccc5ccccc54)cc23)nc2ccccc21.[CH3][Ge]([CH3])([CH3])[c]1ccc(-c2[c-]cc(F)cc2)nc1.[Ir]. The van der Waals surface area contributed by atoms with Crippen LogP contribution in [0.15, 0.2) is 156 Å². The molecule has 0 spiro atoms. The molecule has 1 aliphatic rings. The minimum absolute atomic E-state index is 0. The third-order valence-electron chi connectivity index (χ3n) is 15.8. The van der Waals surface area contributed by atoms with E-state index < -0.39 is 13.3 Å². The molecule has 0 N–H and O–H groups in total. The number of fused-ring (bicyclic) bond motifs is 8. The maximum Gasteiger partial charge on any atom is 0 e. The molecule has 0 saturated heterocycles. The van der Waals surface area contributed by atoms with Gasteiger partial charge in [-0.25, -0.2) is 0 Å². The van der Waals surface area contributed by atoms with Crippen LogP contribution >= 0.6 is 0 Å². The zero-order chi connectivity index (χ0) is 51.8. The monoisotopic (exact) mass is 1230 g/mol. The Balaban J connectivity index is 0.000000304. The van der Waals surface area contributed by atoms with E-state index in [1.807, 2.05) is 18.3 Å². The quantitative estimate of drug-likeness (QED) is 0.0691. The van der Waals surface area contributed by atoms with Crippen LogP contribution in [0.1, 0.15) is 109 Å². The second-order valence-corrected chi connectivity index (χ2v) is 34.3. The maximum atomic E-state index is 12.8. The second kappa shape index (κ2) is 20.1. The summed E-state index contributed by atoms with van der Waals surface area (Å²) >= 11 is -1.79. The molecule has 12 rings (SSSR count). The Labute approximate surface area is 458 Å². The van der Waals surface area contributed by atoms with Gasteiger partial charge in [-0.2, -0.15) is 0 Å². The first-order chi connectivity index (χ1) is 35.4. The van der Waals surface area contributed by atoms with Gasteiger partial charge in [-0.3, -0.25) is 4.98 Å². The molecule has 0 saturated carbocycles. The van der Waals surface area contributed by atoms with Crippen molar-refractivity contribution >= 4 is 72.2 Å². The summed E-state index contributed by atoms with van der Waals surface area (Å²) < 4.78 is 23.5. The first-order valence-corrected chi connectivity index (χ1v) is 33.8. The molecule has 0 unspecified atom stereocenters.